The molecule has 2 nitrogen and oxygen atoms in total. The maximum absolute atomic E-state index is 5.57. The molecule has 7 heavy (non-hydrogen) atoms. The number of morpholine rings is 1. The van der Waals surface area contributed by atoms with Crippen molar-refractivity contribution in [2.75, 3.05) is 26.3 Å². The van der Waals surface area contributed by atoms with E-state index in [2.05, 4.69) is 0 Å². The predicted octanol–water partition coefficient (Wildman–Crippen LogP) is 0.310. The van der Waals surface area contributed by atoms with E-state index in [0.717, 1.165) is 26.3 Å². The molecule has 1 rings (SSSR count). The first kappa shape index (κ1) is 5.35. The molecule has 0 aromatic heterocycles. The molecule has 0 N–H and O–H groups in total. The molecule has 0 aromatic carbocycles. The molecule has 1 radical (unpaired) electrons. The second kappa shape index (κ2) is 2.50. The van der Waals surface area contributed by atoms with Crippen LogP contribution in [-0.2, 0) is 4.74 Å². The van der Waals surface area contributed by atoms with Crippen LogP contribution in [0.4, 0.5) is 0 Å². The minimum Gasteiger partial charge on any atom is -0.369 e. The van der Waals surface area contributed by atoms with Crippen molar-refractivity contribution >= 4 is 11.8 Å². The molecular weight excluding hydrogens is 114 g/mol. The Bertz CT molecular complexity index is 53.7. The third-order valence-electron chi connectivity index (χ3n) is 0.957. The molecule has 0 saturated carbocycles. The maximum atomic E-state index is 5.57. The van der Waals surface area contributed by atoms with E-state index in [-0.39, 0.29) is 0 Å². The molecule has 0 aromatic rings. The molecule has 0 spiro atoms. The van der Waals surface area contributed by atoms with Crippen LogP contribution in [0.3, 0.4) is 0 Å². The predicted molar refractivity (Wildman–Crippen MR) is 28.5 cm³/mol. The van der Waals surface area contributed by atoms with Gasteiger partial charge in [0.05, 0.1) is 0 Å². The summed E-state index contributed by atoms with van der Waals surface area (Å²) in [5.41, 5.74) is 0. The second-order valence-electron chi connectivity index (χ2n) is 1.52. The summed E-state index contributed by atoms with van der Waals surface area (Å²) in [6.07, 6.45) is 0. The van der Waals surface area contributed by atoms with E-state index in [9.17, 15) is 0 Å². The van der Waals surface area contributed by atoms with Crippen LogP contribution < -0.4 is 4.42 Å². The first-order valence-electron chi connectivity index (χ1n) is 2.38. The Morgan fingerprint density at radius 3 is 2.14 bits per heavy atom. The molecular formula is C4H8ClNO+. The molecule has 1 aliphatic heterocycles. The summed E-state index contributed by atoms with van der Waals surface area (Å²) in [7, 11) is 0. The normalized spacial score (nSPS) is 25.3. The molecule has 0 aliphatic carbocycles. The van der Waals surface area contributed by atoms with Crippen LogP contribution in [0.2, 0.25) is 0 Å². The van der Waals surface area contributed by atoms with Crippen LogP contribution in [0.15, 0.2) is 0 Å². The van der Waals surface area contributed by atoms with Crippen molar-refractivity contribution in [3.8, 4) is 0 Å². The standard InChI is InChI=1S/C4H8ClNO/c5-6-1-3-7-4-2-6/h1-4H2/q+1. The average molecular weight is 122 g/mol. The molecule has 0 atom stereocenters. The lowest BCUT2D eigenvalue weighted by atomic mass is 10.5. The number of rotatable bonds is 0. The highest BCUT2D eigenvalue weighted by atomic mass is 35.5. The SMILES string of the molecule is Cl[N+]1CCOCC1. The summed E-state index contributed by atoms with van der Waals surface area (Å²) in [6.45, 7) is 3.29. The third kappa shape index (κ3) is 1.63. The summed E-state index contributed by atoms with van der Waals surface area (Å²) in [4.78, 5) is 0. The van der Waals surface area contributed by atoms with Crippen LogP contribution in [0.5, 0.6) is 0 Å². The summed E-state index contributed by atoms with van der Waals surface area (Å²) < 4.78 is 6.75. The van der Waals surface area contributed by atoms with Gasteiger partial charge in [-0.15, -0.1) is 0 Å². The van der Waals surface area contributed by atoms with Gasteiger partial charge in [-0.1, -0.05) is 4.42 Å². The van der Waals surface area contributed by atoms with Gasteiger partial charge in [0.1, 0.15) is 13.2 Å². The van der Waals surface area contributed by atoms with Gasteiger partial charge in [0.25, 0.3) is 0 Å². The van der Waals surface area contributed by atoms with E-state index in [0.29, 0.717) is 0 Å². The van der Waals surface area contributed by atoms with E-state index >= 15 is 0 Å². The maximum Gasteiger partial charge on any atom is 0.225 e. The average Bonchev–Trinajstić information content (AvgIpc) is 1.69. The highest BCUT2D eigenvalue weighted by Crippen LogP contribution is 1.93. The fourth-order valence-electron chi connectivity index (χ4n) is 0.541. The van der Waals surface area contributed by atoms with Crippen molar-refractivity contribution in [2.45, 2.75) is 0 Å². The monoisotopic (exact) mass is 121 g/mol. The van der Waals surface area contributed by atoms with Gasteiger partial charge in [-0.05, 0) is 0 Å². The fraction of sp³-hybridized carbons (Fsp3) is 1.00. The van der Waals surface area contributed by atoms with Gasteiger partial charge in [0.15, 0.2) is 13.1 Å². The summed E-state index contributed by atoms with van der Waals surface area (Å²) in [6, 6.07) is 0. The van der Waals surface area contributed by atoms with E-state index in [4.69, 9.17) is 16.5 Å². The number of nitrogens with zero attached hydrogens (tertiary/aromatic N) is 1. The van der Waals surface area contributed by atoms with E-state index in [1.54, 1.807) is 4.42 Å². The first-order chi connectivity index (χ1) is 3.39. The highest BCUT2D eigenvalue weighted by Gasteiger charge is 2.15. The molecule has 0 unspecified atom stereocenters. The van der Waals surface area contributed by atoms with Gasteiger partial charge in [0.2, 0.25) is 11.8 Å². The zero-order valence-corrected chi connectivity index (χ0v) is 4.82. The zero-order valence-electron chi connectivity index (χ0n) is 4.06. The molecule has 1 fully saturated rings. The summed E-state index contributed by atoms with van der Waals surface area (Å²) in [5.74, 6) is 0. The first-order valence-corrected chi connectivity index (χ1v) is 2.72. The smallest absolute Gasteiger partial charge is 0.225 e. The molecule has 0 amide bonds. The van der Waals surface area contributed by atoms with Crippen LogP contribution in [0.1, 0.15) is 0 Å². The second-order valence-corrected chi connectivity index (χ2v) is 2.00. The lowest BCUT2D eigenvalue weighted by Gasteiger charge is -2.08. The van der Waals surface area contributed by atoms with Crippen LogP contribution in [0.25, 0.3) is 0 Å². The van der Waals surface area contributed by atoms with E-state index in [1.807, 2.05) is 0 Å². The van der Waals surface area contributed by atoms with Gasteiger partial charge in [-0.25, -0.2) is 0 Å². The van der Waals surface area contributed by atoms with Crippen molar-refractivity contribution in [2.24, 2.45) is 0 Å². The van der Waals surface area contributed by atoms with Gasteiger partial charge in [0, 0.05) is 0 Å². The van der Waals surface area contributed by atoms with Gasteiger partial charge < -0.3 is 4.74 Å². The van der Waals surface area contributed by atoms with Crippen LogP contribution in [-0.4, -0.2) is 26.3 Å². The number of halogens is 1. The number of hydrogen-bond donors (Lipinski definition) is 0. The Kier molecular flexibility index (Phi) is 1.91. The number of hydrogen-bond acceptors (Lipinski definition) is 2. The summed E-state index contributed by atoms with van der Waals surface area (Å²) >= 11 is 5.57. The lowest BCUT2D eigenvalue weighted by Crippen LogP contribution is -2.33. The molecule has 41 valence electrons. The molecule has 1 saturated heterocycles. The summed E-state index contributed by atoms with van der Waals surface area (Å²) in [5, 5.41) is 0. The highest BCUT2D eigenvalue weighted by molar-refractivity contribution is 6.15. The van der Waals surface area contributed by atoms with Crippen molar-refractivity contribution in [3.05, 3.63) is 0 Å². The molecule has 1 aliphatic rings. The Hall–Kier alpha value is 0.210. The third-order valence-corrected chi connectivity index (χ3v) is 1.29. The van der Waals surface area contributed by atoms with E-state index in [1.165, 1.54) is 0 Å². The Morgan fingerprint density at radius 1 is 1.29 bits per heavy atom. The van der Waals surface area contributed by atoms with Gasteiger partial charge in [-0.2, -0.15) is 0 Å². The Balaban J connectivity index is 2.12. The van der Waals surface area contributed by atoms with Crippen molar-refractivity contribution in [1.29, 1.82) is 0 Å². The minimum atomic E-state index is 0.781. The topological polar surface area (TPSA) is 15.1 Å². The van der Waals surface area contributed by atoms with Crippen molar-refractivity contribution in [3.63, 3.8) is 0 Å². The largest absolute Gasteiger partial charge is 0.369 e. The van der Waals surface area contributed by atoms with E-state index < -0.39 is 0 Å². The van der Waals surface area contributed by atoms with Crippen LogP contribution in [0, 0.1) is 0 Å². The lowest BCUT2D eigenvalue weighted by molar-refractivity contribution is 0.0977. The number of ether oxygens (including phenoxy) is 1. The molecule has 0 bridgehead atoms. The molecule has 3 heteroatoms. The molecule has 1 heterocycles. The van der Waals surface area contributed by atoms with Crippen molar-refractivity contribution < 1.29 is 4.74 Å². The zero-order chi connectivity index (χ0) is 5.11. The van der Waals surface area contributed by atoms with Crippen LogP contribution >= 0.6 is 11.8 Å². The quantitative estimate of drug-likeness (QED) is 0.421. The van der Waals surface area contributed by atoms with Crippen molar-refractivity contribution in [1.82, 2.24) is 4.42 Å². The Morgan fingerprint density at radius 2 is 1.86 bits per heavy atom. The minimum absolute atomic E-state index is 0.781. The Labute approximate surface area is 48.1 Å². The van der Waals surface area contributed by atoms with Gasteiger partial charge >= 0.3 is 0 Å². The van der Waals surface area contributed by atoms with Gasteiger partial charge in [-0.3, -0.25) is 0 Å². The fourth-order valence-corrected chi connectivity index (χ4v) is 0.679.